The fourth-order valence-electron chi connectivity index (χ4n) is 3.74. The zero-order valence-corrected chi connectivity index (χ0v) is 13.3. The number of amides is 1. The van der Waals surface area contributed by atoms with Crippen LogP contribution in [0.3, 0.4) is 0 Å². The number of hydrogen-bond acceptors (Lipinski definition) is 3. The van der Waals surface area contributed by atoms with Crippen molar-refractivity contribution in [2.75, 3.05) is 26.2 Å². The van der Waals surface area contributed by atoms with Gasteiger partial charge in [0, 0.05) is 19.1 Å². The third kappa shape index (κ3) is 3.50. The molecule has 0 aromatic heterocycles. The second-order valence-electron chi connectivity index (χ2n) is 6.57. The Kier molecular flexibility index (Phi) is 5.11. The van der Waals surface area contributed by atoms with E-state index < -0.39 is 6.04 Å². The Morgan fingerprint density at radius 1 is 1.05 bits per heavy atom. The molecule has 1 aromatic rings. The van der Waals surface area contributed by atoms with Crippen LogP contribution in [0.15, 0.2) is 30.3 Å². The molecule has 4 heteroatoms. The summed E-state index contributed by atoms with van der Waals surface area (Å²) in [7, 11) is 0. The molecule has 120 valence electrons. The van der Waals surface area contributed by atoms with Crippen molar-refractivity contribution in [2.24, 2.45) is 5.73 Å². The first kappa shape index (κ1) is 15.5. The lowest BCUT2D eigenvalue weighted by molar-refractivity contribution is -0.135. The van der Waals surface area contributed by atoms with E-state index in [1.807, 2.05) is 35.2 Å². The van der Waals surface area contributed by atoms with Crippen LogP contribution in [-0.4, -0.2) is 47.9 Å². The van der Waals surface area contributed by atoms with Crippen molar-refractivity contribution in [3.63, 3.8) is 0 Å². The number of carbonyl (C=O) groups excluding carboxylic acids is 1. The fraction of sp³-hybridized carbons (Fsp3) is 0.611. The lowest BCUT2D eigenvalue weighted by Gasteiger charge is -2.41. The number of rotatable bonds is 3. The van der Waals surface area contributed by atoms with Crippen LogP contribution in [-0.2, 0) is 4.79 Å². The van der Waals surface area contributed by atoms with Crippen LogP contribution in [0.4, 0.5) is 0 Å². The summed E-state index contributed by atoms with van der Waals surface area (Å²) in [6.07, 6.45) is 6.26. The minimum atomic E-state index is -0.527. The van der Waals surface area contributed by atoms with E-state index in [1.165, 1.54) is 38.8 Å². The zero-order valence-electron chi connectivity index (χ0n) is 13.3. The second kappa shape index (κ2) is 7.25. The zero-order chi connectivity index (χ0) is 15.4. The monoisotopic (exact) mass is 301 g/mol. The summed E-state index contributed by atoms with van der Waals surface area (Å²) in [6.45, 7) is 4.08. The number of piperidine rings is 2. The molecule has 0 unspecified atom stereocenters. The Hall–Kier alpha value is -1.39. The number of nitrogens with two attached hydrogens (primary N) is 1. The number of nitrogens with zero attached hydrogens (tertiary/aromatic N) is 2. The molecule has 2 atom stereocenters. The molecule has 0 saturated carbocycles. The van der Waals surface area contributed by atoms with Crippen molar-refractivity contribution >= 4 is 5.91 Å². The van der Waals surface area contributed by atoms with Gasteiger partial charge in [-0.2, -0.15) is 0 Å². The Morgan fingerprint density at radius 2 is 1.77 bits per heavy atom. The molecular weight excluding hydrogens is 274 g/mol. The molecule has 2 aliphatic heterocycles. The average Bonchev–Trinajstić information content (AvgIpc) is 2.62. The maximum absolute atomic E-state index is 12.7. The van der Waals surface area contributed by atoms with Crippen molar-refractivity contribution in [2.45, 2.75) is 44.2 Å². The van der Waals surface area contributed by atoms with Crippen LogP contribution < -0.4 is 5.73 Å². The summed E-state index contributed by atoms with van der Waals surface area (Å²) < 4.78 is 0. The van der Waals surface area contributed by atoms with Gasteiger partial charge < -0.3 is 10.6 Å². The number of likely N-dealkylation sites (tertiary alicyclic amines) is 2. The minimum absolute atomic E-state index is 0.0768. The summed E-state index contributed by atoms with van der Waals surface area (Å²) >= 11 is 0. The molecule has 0 aliphatic carbocycles. The summed E-state index contributed by atoms with van der Waals surface area (Å²) in [6, 6.07) is 9.71. The van der Waals surface area contributed by atoms with E-state index in [0.29, 0.717) is 6.04 Å². The van der Waals surface area contributed by atoms with Gasteiger partial charge in [0.2, 0.25) is 5.91 Å². The Morgan fingerprint density at radius 3 is 2.50 bits per heavy atom. The summed E-state index contributed by atoms with van der Waals surface area (Å²) in [5.41, 5.74) is 7.10. The van der Waals surface area contributed by atoms with Gasteiger partial charge in [0.1, 0.15) is 6.04 Å². The fourth-order valence-corrected chi connectivity index (χ4v) is 3.74. The third-order valence-corrected chi connectivity index (χ3v) is 5.04. The predicted molar refractivity (Wildman–Crippen MR) is 88.4 cm³/mol. The van der Waals surface area contributed by atoms with E-state index in [4.69, 9.17) is 5.73 Å². The first-order valence-corrected chi connectivity index (χ1v) is 8.59. The van der Waals surface area contributed by atoms with Crippen LogP contribution in [0.1, 0.15) is 43.7 Å². The van der Waals surface area contributed by atoms with Gasteiger partial charge >= 0.3 is 0 Å². The van der Waals surface area contributed by atoms with Crippen molar-refractivity contribution in [1.29, 1.82) is 0 Å². The van der Waals surface area contributed by atoms with Gasteiger partial charge in [-0.1, -0.05) is 36.8 Å². The highest BCUT2D eigenvalue weighted by Gasteiger charge is 2.30. The Labute approximate surface area is 133 Å². The predicted octanol–water partition coefficient (Wildman–Crippen LogP) is 2.16. The summed E-state index contributed by atoms with van der Waals surface area (Å²) in [5.74, 6) is 0.0768. The van der Waals surface area contributed by atoms with Crippen LogP contribution >= 0.6 is 0 Å². The molecule has 1 amide bonds. The first-order chi connectivity index (χ1) is 10.8. The van der Waals surface area contributed by atoms with E-state index in [-0.39, 0.29) is 5.91 Å². The third-order valence-electron chi connectivity index (χ3n) is 5.04. The van der Waals surface area contributed by atoms with E-state index in [1.54, 1.807) is 0 Å². The molecule has 2 N–H and O–H groups in total. The topological polar surface area (TPSA) is 49.6 Å². The molecule has 2 saturated heterocycles. The Balaban J connectivity index is 1.62. The normalized spacial score (nSPS) is 25.0. The molecule has 0 radical (unpaired) electrons. The largest absolute Gasteiger partial charge is 0.339 e. The summed E-state index contributed by atoms with van der Waals surface area (Å²) in [4.78, 5) is 17.3. The van der Waals surface area contributed by atoms with Gasteiger partial charge in [-0.05, 0) is 44.3 Å². The lowest BCUT2D eigenvalue weighted by Crippen LogP contribution is -2.52. The van der Waals surface area contributed by atoms with Crippen LogP contribution in [0.2, 0.25) is 0 Å². The molecule has 3 rings (SSSR count). The van der Waals surface area contributed by atoms with E-state index in [0.717, 1.165) is 25.1 Å². The summed E-state index contributed by atoms with van der Waals surface area (Å²) in [5, 5.41) is 0. The molecule has 0 bridgehead atoms. The first-order valence-electron chi connectivity index (χ1n) is 8.59. The molecule has 0 spiro atoms. The van der Waals surface area contributed by atoms with Crippen molar-refractivity contribution in [3.05, 3.63) is 35.9 Å². The quantitative estimate of drug-likeness (QED) is 0.931. The average molecular weight is 301 g/mol. The van der Waals surface area contributed by atoms with Gasteiger partial charge in [0.15, 0.2) is 0 Å². The maximum atomic E-state index is 12.7. The van der Waals surface area contributed by atoms with Crippen LogP contribution in [0, 0.1) is 0 Å². The van der Waals surface area contributed by atoms with E-state index >= 15 is 0 Å². The highest BCUT2D eigenvalue weighted by atomic mass is 16.2. The molecule has 22 heavy (non-hydrogen) atoms. The highest BCUT2D eigenvalue weighted by molar-refractivity contribution is 5.83. The van der Waals surface area contributed by atoms with Crippen LogP contribution in [0.5, 0.6) is 0 Å². The van der Waals surface area contributed by atoms with Gasteiger partial charge in [-0.15, -0.1) is 0 Å². The Bertz CT molecular complexity index is 484. The highest BCUT2D eigenvalue weighted by Crippen LogP contribution is 2.22. The minimum Gasteiger partial charge on any atom is -0.339 e. The molecule has 2 heterocycles. The molecule has 1 aromatic carbocycles. The van der Waals surface area contributed by atoms with Gasteiger partial charge in [0.05, 0.1) is 0 Å². The second-order valence-corrected chi connectivity index (χ2v) is 6.57. The number of benzene rings is 1. The van der Waals surface area contributed by atoms with Crippen molar-refractivity contribution in [1.82, 2.24) is 9.80 Å². The van der Waals surface area contributed by atoms with Gasteiger partial charge in [-0.25, -0.2) is 0 Å². The number of hydrogen-bond donors (Lipinski definition) is 1. The molecule has 2 aliphatic rings. The van der Waals surface area contributed by atoms with E-state index in [9.17, 15) is 4.79 Å². The lowest BCUT2D eigenvalue weighted by atomic mass is 9.99. The van der Waals surface area contributed by atoms with Crippen molar-refractivity contribution in [3.8, 4) is 0 Å². The molecule has 2 fully saturated rings. The van der Waals surface area contributed by atoms with Crippen molar-refractivity contribution < 1.29 is 4.79 Å². The molecular formula is C18H27N3O. The number of carbonyl (C=O) groups is 1. The van der Waals surface area contributed by atoms with Gasteiger partial charge in [-0.3, -0.25) is 9.69 Å². The van der Waals surface area contributed by atoms with Crippen LogP contribution in [0.25, 0.3) is 0 Å². The SMILES string of the molecule is N[C@H](C(=O)N1CCC[C@H](N2CCCCC2)C1)c1ccccc1. The molecule has 4 nitrogen and oxygen atoms in total. The smallest absolute Gasteiger partial charge is 0.244 e. The standard InChI is InChI=1S/C18H27N3O/c19-17(15-8-3-1-4-9-15)18(22)21-13-7-10-16(14-21)20-11-5-2-6-12-20/h1,3-4,8-9,16-17H,2,5-7,10-14,19H2/t16-,17-/m0/s1. The van der Waals surface area contributed by atoms with E-state index in [2.05, 4.69) is 4.90 Å². The maximum Gasteiger partial charge on any atom is 0.244 e. The van der Waals surface area contributed by atoms with Gasteiger partial charge in [0.25, 0.3) is 0 Å².